The smallest absolute Gasteiger partial charge is 0.131 e. The molecular weight excluding hydrogens is 202 g/mol. The monoisotopic (exact) mass is 211 g/mol. The van der Waals surface area contributed by atoms with E-state index in [-0.39, 0.29) is 13.1 Å². The van der Waals surface area contributed by atoms with Gasteiger partial charge in [-0.2, -0.15) is 15.8 Å². The van der Waals surface area contributed by atoms with Crippen LogP contribution in [0.4, 0.5) is 5.82 Å². The van der Waals surface area contributed by atoms with E-state index in [2.05, 4.69) is 4.98 Å². The van der Waals surface area contributed by atoms with Gasteiger partial charge < -0.3 is 4.90 Å². The Balaban J connectivity index is 3.11. The molecule has 1 aromatic rings. The van der Waals surface area contributed by atoms with Crippen LogP contribution >= 0.6 is 0 Å². The molecule has 16 heavy (non-hydrogen) atoms. The van der Waals surface area contributed by atoms with Gasteiger partial charge in [-0.25, -0.2) is 4.98 Å². The van der Waals surface area contributed by atoms with Crippen molar-refractivity contribution in [2.24, 2.45) is 0 Å². The van der Waals surface area contributed by atoms with Crippen molar-refractivity contribution in [2.45, 2.75) is 6.92 Å². The van der Waals surface area contributed by atoms with Crippen molar-refractivity contribution >= 4 is 5.82 Å². The molecule has 0 amide bonds. The van der Waals surface area contributed by atoms with Crippen LogP contribution in [-0.4, -0.2) is 18.1 Å². The SMILES string of the molecule is Cc1cc(C#N)cc(N(CC#N)CC#N)n1. The molecule has 0 aliphatic rings. The van der Waals surface area contributed by atoms with Gasteiger partial charge in [0, 0.05) is 5.69 Å². The Hall–Kier alpha value is -2.58. The van der Waals surface area contributed by atoms with E-state index in [0.29, 0.717) is 17.1 Å². The van der Waals surface area contributed by atoms with Crippen LogP contribution in [0.25, 0.3) is 0 Å². The summed E-state index contributed by atoms with van der Waals surface area (Å²) in [5.41, 5.74) is 1.17. The van der Waals surface area contributed by atoms with Gasteiger partial charge in [0.15, 0.2) is 0 Å². The molecule has 1 rings (SSSR count). The van der Waals surface area contributed by atoms with Crippen LogP contribution < -0.4 is 4.90 Å². The summed E-state index contributed by atoms with van der Waals surface area (Å²) in [6.45, 7) is 1.92. The van der Waals surface area contributed by atoms with Gasteiger partial charge in [-0.15, -0.1) is 0 Å². The highest BCUT2D eigenvalue weighted by Gasteiger charge is 2.08. The Kier molecular flexibility index (Phi) is 3.83. The Bertz CT molecular complexity index is 485. The van der Waals surface area contributed by atoms with Crippen LogP contribution in [0.1, 0.15) is 11.3 Å². The predicted molar refractivity (Wildman–Crippen MR) is 57.1 cm³/mol. The van der Waals surface area contributed by atoms with Gasteiger partial charge in [0.25, 0.3) is 0 Å². The van der Waals surface area contributed by atoms with Crippen LogP contribution in [0.3, 0.4) is 0 Å². The van der Waals surface area contributed by atoms with Crippen molar-refractivity contribution in [3.8, 4) is 18.2 Å². The summed E-state index contributed by atoms with van der Waals surface area (Å²) in [5.74, 6) is 0.486. The van der Waals surface area contributed by atoms with E-state index >= 15 is 0 Å². The normalized spacial score (nSPS) is 8.62. The zero-order valence-corrected chi connectivity index (χ0v) is 8.80. The molecule has 0 N–H and O–H groups in total. The van der Waals surface area contributed by atoms with Gasteiger partial charge in [0.05, 0.1) is 23.8 Å². The Morgan fingerprint density at radius 1 is 1.19 bits per heavy atom. The zero-order chi connectivity index (χ0) is 12.0. The van der Waals surface area contributed by atoms with E-state index < -0.39 is 0 Å². The summed E-state index contributed by atoms with van der Waals surface area (Å²) >= 11 is 0. The summed E-state index contributed by atoms with van der Waals surface area (Å²) in [7, 11) is 0. The first-order chi connectivity index (χ1) is 7.71. The molecule has 0 radical (unpaired) electrons. The highest BCUT2D eigenvalue weighted by atomic mass is 15.2. The van der Waals surface area contributed by atoms with E-state index in [1.54, 1.807) is 19.1 Å². The van der Waals surface area contributed by atoms with Gasteiger partial charge in [-0.3, -0.25) is 0 Å². The van der Waals surface area contributed by atoms with Gasteiger partial charge in [-0.1, -0.05) is 0 Å². The fourth-order valence-electron chi connectivity index (χ4n) is 1.27. The van der Waals surface area contributed by atoms with Gasteiger partial charge >= 0.3 is 0 Å². The molecule has 0 saturated carbocycles. The maximum absolute atomic E-state index is 8.80. The molecule has 0 fully saturated rings. The molecule has 78 valence electrons. The quantitative estimate of drug-likeness (QED) is 0.699. The number of aromatic nitrogens is 1. The van der Waals surface area contributed by atoms with Crippen molar-refractivity contribution < 1.29 is 0 Å². The first kappa shape index (κ1) is 11.5. The van der Waals surface area contributed by atoms with Gasteiger partial charge in [0.2, 0.25) is 0 Å². The average Bonchev–Trinajstić information content (AvgIpc) is 2.28. The second kappa shape index (κ2) is 5.34. The number of rotatable bonds is 3. The van der Waals surface area contributed by atoms with Crippen LogP contribution in [0.2, 0.25) is 0 Å². The van der Waals surface area contributed by atoms with E-state index in [0.717, 1.165) is 0 Å². The first-order valence-corrected chi connectivity index (χ1v) is 4.59. The third-order valence-corrected chi connectivity index (χ3v) is 1.92. The molecule has 5 heteroatoms. The van der Waals surface area contributed by atoms with E-state index in [9.17, 15) is 0 Å². The molecule has 5 nitrogen and oxygen atoms in total. The number of nitrogens with zero attached hydrogens (tertiary/aromatic N) is 5. The standard InChI is InChI=1S/C11H9N5/c1-9-6-10(8-14)7-11(15-9)16(4-2-12)5-3-13/h6-7H,4-5H2,1H3. The maximum Gasteiger partial charge on any atom is 0.131 e. The molecule has 0 atom stereocenters. The number of aryl methyl sites for hydroxylation is 1. The Morgan fingerprint density at radius 2 is 1.81 bits per heavy atom. The minimum absolute atomic E-state index is 0.0783. The molecule has 0 aliphatic heterocycles. The lowest BCUT2D eigenvalue weighted by Gasteiger charge is -2.17. The van der Waals surface area contributed by atoms with E-state index in [1.165, 1.54) is 4.90 Å². The van der Waals surface area contributed by atoms with Crippen molar-refractivity contribution in [1.82, 2.24) is 4.98 Å². The lowest BCUT2D eigenvalue weighted by atomic mass is 10.2. The topological polar surface area (TPSA) is 87.5 Å². The summed E-state index contributed by atoms with van der Waals surface area (Å²) in [4.78, 5) is 5.71. The van der Waals surface area contributed by atoms with Crippen molar-refractivity contribution in [2.75, 3.05) is 18.0 Å². The fourth-order valence-corrected chi connectivity index (χ4v) is 1.27. The molecule has 1 aromatic heterocycles. The second-order valence-corrected chi connectivity index (χ2v) is 3.14. The molecule has 1 heterocycles. The lowest BCUT2D eigenvalue weighted by Crippen LogP contribution is -2.25. The molecule has 0 aliphatic carbocycles. The fraction of sp³-hybridized carbons (Fsp3) is 0.273. The largest absolute Gasteiger partial charge is 0.330 e. The van der Waals surface area contributed by atoms with Crippen LogP contribution in [0.15, 0.2) is 12.1 Å². The molecule has 0 aromatic carbocycles. The second-order valence-electron chi connectivity index (χ2n) is 3.14. The highest BCUT2D eigenvalue weighted by Crippen LogP contribution is 2.13. The minimum atomic E-state index is 0.0783. The Labute approximate surface area is 93.8 Å². The third-order valence-electron chi connectivity index (χ3n) is 1.92. The zero-order valence-electron chi connectivity index (χ0n) is 8.80. The number of anilines is 1. The molecule has 0 saturated heterocycles. The number of hydrogen-bond acceptors (Lipinski definition) is 5. The lowest BCUT2D eigenvalue weighted by molar-refractivity contribution is 0.927. The number of nitriles is 3. The number of pyridine rings is 1. The average molecular weight is 211 g/mol. The van der Waals surface area contributed by atoms with E-state index in [1.807, 2.05) is 18.2 Å². The predicted octanol–water partition coefficient (Wildman–Crippen LogP) is 1.12. The highest BCUT2D eigenvalue weighted by molar-refractivity contribution is 5.47. The molecular formula is C11H9N5. The van der Waals surface area contributed by atoms with Gasteiger partial charge in [0.1, 0.15) is 18.9 Å². The summed E-state index contributed by atoms with van der Waals surface area (Å²) in [6, 6.07) is 9.16. The molecule has 0 unspecified atom stereocenters. The van der Waals surface area contributed by atoms with Crippen molar-refractivity contribution in [3.05, 3.63) is 23.4 Å². The van der Waals surface area contributed by atoms with Crippen LogP contribution in [-0.2, 0) is 0 Å². The van der Waals surface area contributed by atoms with Crippen LogP contribution in [0, 0.1) is 40.9 Å². The minimum Gasteiger partial charge on any atom is -0.330 e. The van der Waals surface area contributed by atoms with Crippen molar-refractivity contribution in [3.63, 3.8) is 0 Å². The summed E-state index contributed by atoms with van der Waals surface area (Å²) < 4.78 is 0. The third kappa shape index (κ3) is 2.70. The summed E-state index contributed by atoms with van der Waals surface area (Å²) in [6.07, 6.45) is 0. The van der Waals surface area contributed by atoms with Crippen molar-refractivity contribution in [1.29, 1.82) is 15.8 Å². The Morgan fingerprint density at radius 3 is 2.31 bits per heavy atom. The van der Waals surface area contributed by atoms with Gasteiger partial charge in [-0.05, 0) is 19.1 Å². The first-order valence-electron chi connectivity index (χ1n) is 4.59. The van der Waals surface area contributed by atoms with Crippen LogP contribution in [0.5, 0.6) is 0 Å². The maximum atomic E-state index is 8.80. The number of hydrogen-bond donors (Lipinski definition) is 0. The summed E-state index contributed by atoms with van der Waals surface area (Å²) in [5, 5.41) is 26.1. The molecule has 0 bridgehead atoms. The van der Waals surface area contributed by atoms with E-state index in [4.69, 9.17) is 15.8 Å². The molecule has 0 spiro atoms.